The minimum absolute atomic E-state index is 0.0765. The Morgan fingerprint density at radius 1 is 1.05 bits per heavy atom. The Hall–Kier alpha value is -2.99. The zero-order valence-corrected chi connectivity index (χ0v) is 22.7. The number of sulfonamides is 1. The number of likely N-dealkylation sites (tertiary alicyclic amines) is 1. The van der Waals surface area contributed by atoms with Gasteiger partial charge in [0, 0.05) is 51.7 Å². The highest BCUT2D eigenvalue weighted by Crippen LogP contribution is 2.39. The Labute approximate surface area is 224 Å². The molecule has 0 spiro atoms. The van der Waals surface area contributed by atoms with Crippen LogP contribution in [0.1, 0.15) is 38.2 Å². The van der Waals surface area contributed by atoms with Crippen LogP contribution in [0, 0.1) is 5.92 Å². The number of nitrogens with zero attached hydrogens (tertiary/aromatic N) is 6. The van der Waals surface area contributed by atoms with Crippen LogP contribution >= 0.6 is 0 Å². The summed E-state index contributed by atoms with van der Waals surface area (Å²) in [5, 5.41) is 0. The van der Waals surface area contributed by atoms with Crippen LogP contribution in [0.4, 0.5) is 10.6 Å². The number of ether oxygens (including phenoxy) is 2. The van der Waals surface area contributed by atoms with E-state index in [1.807, 2.05) is 24.0 Å². The van der Waals surface area contributed by atoms with E-state index >= 15 is 0 Å². The second-order valence-electron chi connectivity index (χ2n) is 10.6. The van der Waals surface area contributed by atoms with Gasteiger partial charge in [0.05, 0.1) is 24.8 Å². The quantitative estimate of drug-likeness (QED) is 0.469. The van der Waals surface area contributed by atoms with Crippen molar-refractivity contribution in [3.05, 3.63) is 42.5 Å². The van der Waals surface area contributed by atoms with E-state index < -0.39 is 10.0 Å². The number of carbonyl (C=O) groups excluding carboxylic acids is 1. The van der Waals surface area contributed by atoms with Crippen LogP contribution in [-0.4, -0.2) is 95.9 Å². The molecule has 11 nitrogen and oxygen atoms in total. The minimum Gasteiger partial charge on any atom is -0.476 e. The molecule has 0 aromatic carbocycles. The van der Waals surface area contributed by atoms with Crippen molar-refractivity contribution in [2.24, 2.45) is 5.92 Å². The lowest BCUT2D eigenvalue weighted by Gasteiger charge is -2.34. The Morgan fingerprint density at radius 2 is 1.82 bits per heavy atom. The maximum absolute atomic E-state index is 12.8. The summed E-state index contributed by atoms with van der Waals surface area (Å²) < 4.78 is 38.6. The summed E-state index contributed by atoms with van der Waals surface area (Å²) in [5.74, 6) is 1.60. The lowest BCUT2D eigenvalue weighted by molar-refractivity contribution is 0.0454. The van der Waals surface area contributed by atoms with Gasteiger partial charge in [-0.15, -0.1) is 0 Å². The third kappa shape index (κ3) is 6.90. The van der Waals surface area contributed by atoms with E-state index in [1.165, 1.54) is 0 Å². The molecule has 12 heteroatoms. The molecule has 2 saturated heterocycles. The highest BCUT2D eigenvalue weighted by Gasteiger charge is 2.43. The van der Waals surface area contributed by atoms with Crippen molar-refractivity contribution in [1.82, 2.24) is 24.2 Å². The topological polar surface area (TPSA) is 118 Å². The molecule has 0 unspecified atom stereocenters. The molecule has 2 aromatic heterocycles. The van der Waals surface area contributed by atoms with Crippen molar-refractivity contribution in [1.29, 1.82) is 0 Å². The van der Waals surface area contributed by atoms with Crippen molar-refractivity contribution in [3.63, 3.8) is 0 Å². The number of hydrogen-bond donors (Lipinski definition) is 0. The molecule has 38 heavy (non-hydrogen) atoms. The lowest BCUT2D eigenvalue weighted by atomic mass is 9.98. The number of rotatable bonds is 9. The van der Waals surface area contributed by atoms with E-state index in [9.17, 15) is 13.2 Å². The molecule has 1 amide bonds. The van der Waals surface area contributed by atoms with Crippen molar-refractivity contribution in [3.8, 4) is 5.88 Å². The third-order valence-corrected chi connectivity index (χ3v) is 9.44. The van der Waals surface area contributed by atoms with Gasteiger partial charge in [-0.3, -0.25) is 4.98 Å². The van der Waals surface area contributed by atoms with Gasteiger partial charge in [-0.25, -0.2) is 23.2 Å². The summed E-state index contributed by atoms with van der Waals surface area (Å²) in [6.45, 7) is 5.82. The molecule has 2 aliphatic heterocycles. The molecular weight excluding hydrogens is 508 g/mol. The van der Waals surface area contributed by atoms with Crippen molar-refractivity contribution in [2.45, 2.75) is 44.6 Å². The third-order valence-electron chi connectivity index (χ3n) is 7.57. The number of piperazine rings is 1. The molecule has 0 bridgehead atoms. The molecule has 2 aromatic rings. The van der Waals surface area contributed by atoms with E-state index in [4.69, 9.17) is 9.47 Å². The van der Waals surface area contributed by atoms with Gasteiger partial charge >= 0.3 is 6.09 Å². The molecule has 3 aliphatic rings. The standard InChI is InChI=1S/C26H36N6O5S/c1-26(7-8-26)37-25(33)31-10-4-22(5-11-31)20-36-24-19-28-23(18-29-24)30-12-14-32(15-13-30)38(34,35)16-6-21-3-2-9-27-17-21/h2-3,9,17-19,22H,4-8,10-16,20H2,1H3. The number of carbonyl (C=O) groups is 1. The first-order valence-corrected chi connectivity index (χ1v) is 15.0. The number of hydrogen-bond acceptors (Lipinski definition) is 9. The van der Waals surface area contributed by atoms with Crippen LogP contribution in [0.15, 0.2) is 36.9 Å². The SMILES string of the molecule is CC1(OC(=O)N2CCC(COc3cnc(N4CCN(S(=O)(=O)CCc5cccnc5)CC4)cn3)CC2)CC1. The molecule has 3 fully saturated rings. The molecule has 1 saturated carbocycles. The monoisotopic (exact) mass is 544 g/mol. The number of piperidine rings is 1. The van der Waals surface area contributed by atoms with Crippen molar-refractivity contribution < 1.29 is 22.7 Å². The normalized spacial score (nSPS) is 20.2. The molecule has 206 valence electrons. The second kappa shape index (κ2) is 11.4. The predicted molar refractivity (Wildman–Crippen MR) is 141 cm³/mol. The number of pyridine rings is 1. The highest BCUT2D eigenvalue weighted by molar-refractivity contribution is 7.89. The number of aromatic nitrogens is 3. The molecule has 0 N–H and O–H groups in total. The van der Waals surface area contributed by atoms with Gasteiger partial charge in [0.2, 0.25) is 15.9 Å². The van der Waals surface area contributed by atoms with E-state index in [1.54, 1.807) is 34.0 Å². The zero-order chi connectivity index (χ0) is 26.6. The highest BCUT2D eigenvalue weighted by atomic mass is 32.2. The molecule has 1 aliphatic carbocycles. The summed E-state index contributed by atoms with van der Waals surface area (Å²) >= 11 is 0. The van der Waals surface area contributed by atoms with E-state index in [2.05, 4.69) is 15.0 Å². The smallest absolute Gasteiger partial charge is 0.410 e. The fourth-order valence-corrected chi connectivity index (χ4v) is 6.17. The largest absolute Gasteiger partial charge is 0.476 e. The Morgan fingerprint density at radius 3 is 2.45 bits per heavy atom. The van der Waals surface area contributed by atoms with Crippen LogP contribution in [0.25, 0.3) is 0 Å². The summed E-state index contributed by atoms with van der Waals surface area (Å²) in [4.78, 5) is 29.1. The van der Waals surface area contributed by atoms with Crippen LogP contribution in [-0.2, 0) is 21.2 Å². The van der Waals surface area contributed by atoms with E-state index in [-0.39, 0.29) is 17.4 Å². The van der Waals surface area contributed by atoms with Gasteiger partial charge in [0.25, 0.3) is 0 Å². The number of aryl methyl sites for hydroxylation is 1. The van der Waals surface area contributed by atoms with E-state index in [0.29, 0.717) is 69.9 Å². The molecular formula is C26H36N6O5S. The van der Waals surface area contributed by atoms with Crippen LogP contribution < -0.4 is 9.64 Å². The summed E-state index contributed by atoms with van der Waals surface area (Å²) in [7, 11) is -3.33. The lowest BCUT2D eigenvalue weighted by Crippen LogP contribution is -2.49. The van der Waals surface area contributed by atoms with Gasteiger partial charge in [-0.1, -0.05) is 6.07 Å². The number of anilines is 1. The van der Waals surface area contributed by atoms with Gasteiger partial charge in [0.1, 0.15) is 11.4 Å². The first kappa shape index (κ1) is 26.6. The maximum Gasteiger partial charge on any atom is 0.410 e. The van der Waals surface area contributed by atoms with Gasteiger partial charge in [-0.2, -0.15) is 4.31 Å². The molecule has 5 rings (SSSR count). The predicted octanol–water partition coefficient (Wildman–Crippen LogP) is 2.35. The second-order valence-corrected chi connectivity index (χ2v) is 12.7. The first-order chi connectivity index (χ1) is 18.3. The van der Waals surface area contributed by atoms with Gasteiger partial charge in [-0.05, 0) is 56.6 Å². The van der Waals surface area contributed by atoms with E-state index in [0.717, 1.165) is 31.2 Å². The fraction of sp³-hybridized carbons (Fsp3) is 0.615. The Balaban J connectivity index is 1.02. The van der Waals surface area contributed by atoms with Crippen LogP contribution in [0.5, 0.6) is 5.88 Å². The number of amides is 1. The zero-order valence-electron chi connectivity index (χ0n) is 21.9. The summed E-state index contributed by atoms with van der Waals surface area (Å²) in [6.07, 6.45) is 10.6. The first-order valence-electron chi connectivity index (χ1n) is 13.3. The summed E-state index contributed by atoms with van der Waals surface area (Å²) in [6, 6.07) is 3.71. The van der Waals surface area contributed by atoms with Crippen LogP contribution in [0.3, 0.4) is 0 Å². The van der Waals surface area contributed by atoms with Crippen molar-refractivity contribution in [2.75, 3.05) is 56.5 Å². The molecule has 0 atom stereocenters. The minimum atomic E-state index is -3.33. The average Bonchev–Trinajstić information content (AvgIpc) is 3.68. The fourth-order valence-electron chi connectivity index (χ4n) is 4.70. The van der Waals surface area contributed by atoms with Gasteiger partial charge in [0.15, 0.2) is 0 Å². The van der Waals surface area contributed by atoms with Gasteiger partial charge < -0.3 is 19.3 Å². The summed E-state index contributed by atoms with van der Waals surface area (Å²) in [5.41, 5.74) is 0.675. The Kier molecular flexibility index (Phi) is 7.98. The average molecular weight is 545 g/mol. The van der Waals surface area contributed by atoms with Crippen LogP contribution in [0.2, 0.25) is 0 Å². The van der Waals surface area contributed by atoms with Crippen molar-refractivity contribution >= 4 is 21.9 Å². The Bertz CT molecular complexity index is 1180. The molecule has 0 radical (unpaired) electrons. The molecule has 4 heterocycles. The maximum atomic E-state index is 12.8.